The first-order valence-corrected chi connectivity index (χ1v) is 9.21. The molecule has 0 spiro atoms. The van der Waals surface area contributed by atoms with Crippen molar-refractivity contribution in [2.24, 2.45) is 0 Å². The molecule has 2 aromatic rings. The first-order valence-electron chi connectivity index (χ1n) is 9.21. The topological polar surface area (TPSA) is 60.0 Å². The lowest BCUT2D eigenvalue weighted by Gasteiger charge is -2.27. The van der Waals surface area contributed by atoms with E-state index < -0.39 is 0 Å². The molecule has 144 valence electrons. The zero-order valence-electron chi connectivity index (χ0n) is 15.8. The van der Waals surface area contributed by atoms with Gasteiger partial charge in [-0.1, -0.05) is 24.3 Å². The minimum atomic E-state index is -0.194. The van der Waals surface area contributed by atoms with Crippen molar-refractivity contribution in [3.05, 3.63) is 48.5 Å². The van der Waals surface area contributed by atoms with Gasteiger partial charge in [-0.2, -0.15) is 0 Å². The lowest BCUT2D eigenvalue weighted by molar-refractivity contribution is 0.00463. The highest BCUT2D eigenvalue weighted by Crippen LogP contribution is 2.34. The van der Waals surface area contributed by atoms with Crippen LogP contribution in [0.15, 0.2) is 48.5 Å². The number of nitrogens with zero attached hydrogens (tertiary/aromatic N) is 1. The van der Waals surface area contributed by atoms with Gasteiger partial charge in [0, 0.05) is 20.2 Å². The first kappa shape index (κ1) is 19.0. The Balaban J connectivity index is 1.67. The second-order valence-electron chi connectivity index (χ2n) is 6.55. The Morgan fingerprint density at radius 1 is 1.11 bits per heavy atom. The summed E-state index contributed by atoms with van der Waals surface area (Å²) in [5, 5.41) is 2.92. The summed E-state index contributed by atoms with van der Waals surface area (Å²) in [5.74, 6) is 1.77. The van der Waals surface area contributed by atoms with E-state index in [-0.39, 0.29) is 12.1 Å². The van der Waals surface area contributed by atoms with Crippen molar-refractivity contribution in [3.63, 3.8) is 0 Å². The summed E-state index contributed by atoms with van der Waals surface area (Å²) in [4.78, 5) is 14.2. The van der Waals surface area contributed by atoms with Crippen molar-refractivity contribution in [3.8, 4) is 17.2 Å². The molecule has 3 rings (SSSR count). The highest BCUT2D eigenvalue weighted by molar-refractivity contribution is 5.90. The van der Waals surface area contributed by atoms with Gasteiger partial charge in [0.1, 0.15) is 0 Å². The number of rotatable bonds is 6. The fourth-order valence-corrected chi connectivity index (χ4v) is 3.03. The van der Waals surface area contributed by atoms with E-state index in [1.807, 2.05) is 48.5 Å². The van der Waals surface area contributed by atoms with Crippen LogP contribution in [0.5, 0.6) is 17.2 Å². The number of nitrogens with one attached hydrogen (secondary N) is 1. The number of methoxy groups -OCH3 is 1. The van der Waals surface area contributed by atoms with Crippen LogP contribution < -0.4 is 14.8 Å². The van der Waals surface area contributed by atoms with E-state index in [0.717, 1.165) is 25.9 Å². The molecule has 1 fully saturated rings. The van der Waals surface area contributed by atoms with Crippen LogP contribution >= 0.6 is 0 Å². The molecule has 0 bridgehead atoms. The van der Waals surface area contributed by atoms with Gasteiger partial charge in [0.25, 0.3) is 0 Å². The SMILES string of the molecule is COc1ccccc1Oc1ccccc1NC(=O)N(C)C[C@H]1CCCCO1. The zero-order chi connectivity index (χ0) is 19.1. The van der Waals surface area contributed by atoms with Gasteiger partial charge >= 0.3 is 6.03 Å². The number of hydrogen-bond donors (Lipinski definition) is 1. The van der Waals surface area contributed by atoms with E-state index >= 15 is 0 Å². The number of hydrogen-bond acceptors (Lipinski definition) is 4. The third-order valence-corrected chi connectivity index (χ3v) is 4.52. The van der Waals surface area contributed by atoms with Gasteiger partial charge in [-0.05, 0) is 43.5 Å². The van der Waals surface area contributed by atoms with Gasteiger partial charge in [-0.15, -0.1) is 0 Å². The van der Waals surface area contributed by atoms with Crippen molar-refractivity contribution in [2.45, 2.75) is 25.4 Å². The Labute approximate surface area is 160 Å². The van der Waals surface area contributed by atoms with Crippen LogP contribution in [0.4, 0.5) is 10.5 Å². The van der Waals surface area contributed by atoms with Crippen LogP contribution in [0, 0.1) is 0 Å². The van der Waals surface area contributed by atoms with Gasteiger partial charge < -0.3 is 24.4 Å². The molecule has 2 amide bonds. The van der Waals surface area contributed by atoms with Gasteiger partial charge in [0.05, 0.1) is 18.9 Å². The monoisotopic (exact) mass is 370 g/mol. The number of amides is 2. The molecule has 1 aliphatic heterocycles. The lowest BCUT2D eigenvalue weighted by Crippen LogP contribution is -2.39. The van der Waals surface area contributed by atoms with Crippen LogP contribution in [0.2, 0.25) is 0 Å². The van der Waals surface area contributed by atoms with Crippen molar-refractivity contribution in [1.82, 2.24) is 4.90 Å². The minimum Gasteiger partial charge on any atom is -0.493 e. The molecule has 1 saturated heterocycles. The van der Waals surface area contributed by atoms with Crippen molar-refractivity contribution in [1.29, 1.82) is 0 Å². The summed E-state index contributed by atoms with van der Waals surface area (Å²) in [6.07, 6.45) is 3.34. The minimum absolute atomic E-state index is 0.106. The Hall–Kier alpha value is -2.73. The Morgan fingerprint density at radius 3 is 2.52 bits per heavy atom. The number of carbonyl (C=O) groups excluding carboxylic acids is 1. The molecule has 0 saturated carbocycles. The van der Waals surface area contributed by atoms with Crippen LogP contribution in [0.25, 0.3) is 0 Å². The highest BCUT2D eigenvalue weighted by atomic mass is 16.5. The Kier molecular flexibility index (Phi) is 6.54. The number of para-hydroxylation sites is 4. The third-order valence-electron chi connectivity index (χ3n) is 4.52. The van der Waals surface area contributed by atoms with Crippen LogP contribution in [0.3, 0.4) is 0 Å². The molecule has 0 unspecified atom stereocenters. The fraction of sp³-hybridized carbons (Fsp3) is 0.381. The third kappa shape index (κ3) is 5.14. The summed E-state index contributed by atoms with van der Waals surface area (Å²) in [6, 6.07) is 14.5. The standard InChI is InChI=1S/C21H26N2O4/c1-23(15-16-9-7-8-14-26-16)21(24)22-17-10-3-4-11-18(17)27-20-13-6-5-12-19(20)25-2/h3-6,10-13,16H,7-9,14-15H2,1-2H3,(H,22,24)/t16-/m1/s1. The number of carbonyl (C=O) groups is 1. The molecule has 1 aliphatic rings. The molecule has 27 heavy (non-hydrogen) atoms. The maximum absolute atomic E-state index is 12.6. The number of anilines is 1. The van der Waals surface area contributed by atoms with E-state index in [1.54, 1.807) is 19.1 Å². The quantitative estimate of drug-likeness (QED) is 0.812. The van der Waals surface area contributed by atoms with Gasteiger partial charge in [-0.3, -0.25) is 0 Å². The summed E-state index contributed by atoms with van der Waals surface area (Å²) in [5.41, 5.74) is 0.602. The van der Waals surface area contributed by atoms with Gasteiger partial charge in [-0.25, -0.2) is 4.79 Å². The largest absolute Gasteiger partial charge is 0.493 e. The second-order valence-corrected chi connectivity index (χ2v) is 6.55. The maximum atomic E-state index is 12.6. The number of ether oxygens (including phenoxy) is 3. The molecule has 1 atom stereocenters. The molecule has 6 heteroatoms. The fourth-order valence-electron chi connectivity index (χ4n) is 3.03. The number of urea groups is 1. The van der Waals surface area contributed by atoms with Gasteiger partial charge in [0.15, 0.2) is 17.2 Å². The molecule has 0 aliphatic carbocycles. The number of benzene rings is 2. The average Bonchev–Trinajstić information content (AvgIpc) is 2.70. The van der Waals surface area contributed by atoms with E-state index in [1.165, 1.54) is 0 Å². The molecular formula is C21H26N2O4. The van der Waals surface area contributed by atoms with Crippen molar-refractivity contribution in [2.75, 3.05) is 32.6 Å². The van der Waals surface area contributed by atoms with Gasteiger partial charge in [0.2, 0.25) is 0 Å². The van der Waals surface area contributed by atoms with E-state index in [0.29, 0.717) is 29.5 Å². The predicted molar refractivity (Wildman–Crippen MR) is 105 cm³/mol. The Bertz CT molecular complexity index is 759. The normalized spacial score (nSPS) is 16.4. The smallest absolute Gasteiger partial charge is 0.321 e. The molecule has 1 N–H and O–H groups in total. The van der Waals surface area contributed by atoms with E-state index in [2.05, 4.69) is 5.32 Å². The lowest BCUT2D eigenvalue weighted by atomic mass is 10.1. The average molecular weight is 370 g/mol. The van der Waals surface area contributed by atoms with Crippen molar-refractivity contribution >= 4 is 11.7 Å². The molecule has 2 aromatic carbocycles. The summed E-state index contributed by atoms with van der Waals surface area (Å²) in [6.45, 7) is 1.34. The van der Waals surface area contributed by atoms with Crippen molar-refractivity contribution < 1.29 is 19.0 Å². The molecule has 1 heterocycles. The predicted octanol–water partition coefficient (Wildman–Crippen LogP) is 4.52. The number of likely N-dealkylation sites (N-methyl/N-ethyl adjacent to an activating group) is 1. The van der Waals surface area contributed by atoms with Crippen LogP contribution in [-0.4, -0.2) is 44.3 Å². The summed E-state index contributed by atoms with van der Waals surface area (Å²) < 4.78 is 17.0. The first-order chi connectivity index (χ1) is 13.2. The van der Waals surface area contributed by atoms with Crippen LogP contribution in [-0.2, 0) is 4.74 Å². The second kappa shape index (κ2) is 9.28. The highest BCUT2D eigenvalue weighted by Gasteiger charge is 2.19. The summed E-state index contributed by atoms with van der Waals surface area (Å²) in [7, 11) is 3.37. The zero-order valence-corrected chi connectivity index (χ0v) is 15.8. The van der Waals surface area contributed by atoms with E-state index in [4.69, 9.17) is 14.2 Å². The maximum Gasteiger partial charge on any atom is 0.321 e. The van der Waals surface area contributed by atoms with E-state index in [9.17, 15) is 4.79 Å². The molecule has 0 radical (unpaired) electrons. The Morgan fingerprint density at radius 2 is 1.81 bits per heavy atom. The van der Waals surface area contributed by atoms with Crippen LogP contribution in [0.1, 0.15) is 19.3 Å². The molecular weight excluding hydrogens is 344 g/mol. The molecule has 6 nitrogen and oxygen atoms in total. The summed E-state index contributed by atoms with van der Waals surface area (Å²) >= 11 is 0. The molecule has 0 aromatic heterocycles.